The lowest BCUT2D eigenvalue weighted by Crippen LogP contribution is -2.53. The zero-order valence-corrected chi connectivity index (χ0v) is 23.3. The molecular weight excluding hydrogens is 484 g/mol. The molecule has 37 heavy (non-hydrogen) atoms. The first-order chi connectivity index (χ1) is 17.7. The molecule has 2 heterocycles. The van der Waals surface area contributed by atoms with Gasteiger partial charge in [-0.15, -0.1) is 0 Å². The summed E-state index contributed by atoms with van der Waals surface area (Å²) in [5.74, 6) is 1.31. The Morgan fingerprint density at radius 1 is 1.22 bits per heavy atom. The van der Waals surface area contributed by atoms with E-state index in [1.165, 1.54) is 11.1 Å². The van der Waals surface area contributed by atoms with Crippen molar-refractivity contribution in [3.05, 3.63) is 69.2 Å². The molecule has 7 nitrogen and oxygen atoms in total. The van der Waals surface area contributed by atoms with Crippen LogP contribution in [-0.4, -0.2) is 52.1 Å². The highest BCUT2D eigenvalue weighted by Gasteiger charge is 2.21. The zero-order valence-electron chi connectivity index (χ0n) is 22.6. The molecule has 0 aliphatic carbocycles. The van der Waals surface area contributed by atoms with Gasteiger partial charge in [0.25, 0.3) is 5.56 Å². The molecule has 1 unspecified atom stereocenters. The molecule has 2 aromatic carbocycles. The fourth-order valence-corrected chi connectivity index (χ4v) is 4.79. The molecule has 1 saturated heterocycles. The molecule has 0 spiro atoms. The van der Waals surface area contributed by atoms with Crippen molar-refractivity contribution in [2.75, 3.05) is 25.0 Å². The second-order valence-electron chi connectivity index (χ2n) is 10.4. The van der Waals surface area contributed by atoms with E-state index in [0.29, 0.717) is 29.4 Å². The van der Waals surface area contributed by atoms with Crippen molar-refractivity contribution < 1.29 is 0 Å². The van der Waals surface area contributed by atoms with Crippen LogP contribution in [0.15, 0.2) is 52.5 Å². The predicted molar refractivity (Wildman–Crippen MR) is 155 cm³/mol. The van der Waals surface area contributed by atoms with Crippen molar-refractivity contribution >= 4 is 34.2 Å². The molecule has 3 aromatic rings. The van der Waals surface area contributed by atoms with Crippen molar-refractivity contribution in [2.24, 2.45) is 10.9 Å². The summed E-state index contributed by atoms with van der Waals surface area (Å²) in [6, 6.07) is 12.3. The van der Waals surface area contributed by atoms with Crippen LogP contribution < -0.4 is 16.2 Å². The molecule has 2 N–H and O–H groups in total. The number of aliphatic imine (C=N–C) groups is 1. The summed E-state index contributed by atoms with van der Waals surface area (Å²) in [5, 5.41) is 8.39. The Kier molecular flexibility index (Phi) is 8.87. The lowest BCUT2D eigenvalue weighted by Gasteiger charge is -2.35. The average Bonchev–Trinajstić information content (AvgIpc) is 2.88. The van der Waals surface area contributed by atoms with Gasteiger partial charge in [-0.2, -0.15) is 0 Å². The number of guanidine groups is 1. The first-order valence-corrected chi connectivity index (χ1v) is 13.7. The summed E-state index contributed by atoms with van der Waals surface area (Å²) in [6.07, 6.45) is 3.32. The van der Waals surface area contributed by atoms with E-state index in [9.17, 15) is 4.79 Å². The number of halogens is 1. The van der Waals surface area contributed by atoms with Crippen LogP contribution in [0.4, 0.5) is 5.69 Å². The Morgan fingerprint density at radius 3 is 2.76 bits per heavy atom. The molecule has 8 heteroatoms. The number of anilines is 1. The van der Waals surface area contributed by atoms with Gasteiger partial charge in [0.1, 0.15) is 0 Å². The Bertz CT molecular complexity index is 1320. The first-order valence-electron chi connectivity index (χ1n) is 13.3. The quantitative estimate of drug-likeness (QED) is 0.339. The van der Waals surface area contributed by atoms with E-state index >= 15 is 0 Å². The zero-order chi connectivity index (χ0) is 26.5. The van der Waals surface area contributed by atoms with Gasteiger partial charge in [0.15, 0.2) is 5.96 Å². The first kappa shape index (κ1) is 27.1. The van der Waals surface area contributed by atoms with Crippen molar-refractivity contribution in [3.63, 3.8) is 0 Å². The van der Waals surface area contributed by atoms with Crippen LogP contribution in [0.3, 0.4) is 0 Å². The van der Waals surface area contributed by atoms with Crippen molar-refractivity contribution in [3.8, 4) is 0 Å². The van der Waals surface area contributed by atoms with Crippen LogP contribution in [0.1, 0.15) is 45.7 Å². The smallest absolute Gasteiger partial charge is 0.261 e. The number of benzene rings is 2. The maximum absolute atomic E-state index is 13.2. The summed E-state index contributed by atoms with van der Waals surface area (Å²) >= 11 is 6.15. The number of nitrogens with zero attached hydrogens (tertiary/aromatic N) is 4. The van der Waals surface area contributed by atoms with Gasteiger partial charge in [0.05, 0.1) is 23.3 Å². The Balaban J connectivity index is 1.55. The fourth-order valence-electron chi connectivity index (χ4n) is 4.59. The van der Waals surface area contributed by atoms with Crippen LogP contribution in [-0.2, 0) is 19.4 Å². The summed E-state index contributed by atoms with van der Waals surface area (Å²) in [5.41, 5.74) is 3.96. The third-order valence-corrected chi connectivity index (χ3v) is 7.45. The summed E-state index contributed by atoms with van der Waals surface area (Å²) in [4.78, 5) is 25.2. The molecule has 1 aliphatic rings. The second-order valence-corrected chi connectivity index (χ2v) is 10.8. The summed E-state index contributed by atoms with van der Waals surface area (Å²) in [6.45, 7) is 14.1. The van der Waals surface area contributed by atoms with Crippen LogP contribution >= 0.6 is 11.6 Å². The summed E-state index contributed by atoms with van der Waals surface area (Å²) < 4.78 is 1.70. The van der Waals surface area contributed by atoms with E-state index in [-0.39, 0.29) is 11.6 Å². The number of aromatic nitrogens is 2. The lowest BCUT2D eigenvalue weighted by molar-refractivity contribution is 0.300. The minimum Gasteiger partial charge on any atom is -0.340 e. The molecule has 0 radical (unpaired) electrons. The highest BCUT2D eigenvalue weighted by molar-refractivity contribution is 6.30. The number of nitrogens with one attached hydrogen (secondary N) is 2. The van der Waals surface area contributed by atoms with E-state index < -0.39 is 0 Å². The van der Waals surface area contributed by atoms with Gasteiger partial charge in [-0.05, 0) is 74.1 Å². The number of hydrogen-bond acceptors (Lipinski definition) is 4. The normalized spacial score (nSPS) is 17.4. The lowest BCUT2D eigenvalue weighted by atomic mass is 10.0. The highest BCUT2D eigenvalue weighted by Crippen LogP contribution is 2.19. The molecule has 0 bridgehead atoms. The monoisotopic (exact) mass is 522 g/mol. The Morgan fingerprint density at radius 2 is 2.03 bits per heavy atom. The Labute approximate surface area is 225 Å². The van der Waals surface area contributed by atoms with Gasteiger partial charge in [-0.1, -0.05) is 38.4 Å². The van der Waals surface area contributed by atoms with Gasteiger partial charge in [-0.25, -0.2) is 9.98 Å². The highest BCUT2D eigenvalue weighted by atomic mass is 35.5. The topological polar surface area (TPSA) is 74.6 Å². The van der Waals surface area contributed by atoms with Gasteiger partial charge in [0.2, 0.25) is 0 Å². The van der Waals surface area contributed by atoms with E-state index in [0.717, 1.165) is 49.1 Å². The molecule has 0 amide bonds. The molecular formula is C29H39ClN6O. The van der Waals surface area contributed by atoms with Gasteiger partial charge < -0.3 is 15.5 Å². The van der Waals surface area contributed by atoms with Gasteiger partial charge in [0, 0.05) is 42.9 Å². The van der Waals surface area contributed by atoms with Crippen LogP contribution in [0.5, 0.6) is 0 Å². The van der Waals surface area contributed by atoms with Gasteiger partial charge in [-0.3, -0.25) is 9.36 Å². The minimum absolute atomic E-state index is 0.0261. The van der Waals surface area contributed by atoms with Crippen LogP contribution in [0.2, 0.25) is 5.02 Å². The largest absolute Gasteiger partial charge is 0.340 e. The SMILES string of the molecule is CCc1cc(Cl)ccc1CCn1cnc2cc(NC(=NC(C)C(C)C)N3CCN[C@H](C)C3)ccc2c1=O. The fraction of sp³-hybridized carbons (Fsp3) is 0.483. The van der Waals surface area contributed by atoms with E-state index in [2.05, 4.69) is 61.2 Å². The molecule has 0 saturated carbocycles. The number of piperazine rings is 1. The molecule has 4 rings (SSSR count). The van der Waals surface area contributed by atoms with E-state index in [1.807, 2.05) is 30.3 Å². The number of fused-ring (bicyclic) bond motifs is 1. The third-order valence-electron chi connectivity index (χ3n) is 7.21. The molecule has 1 fully saturated rings. The number of aryl methyl sites for hydroxylation is 3. The minimum atomic E-state index is -0.0261. The summed E-state index contributed by atoms with van der Waals surface area (Å²) in [7, 11) is 0. The standard InChI is InChI=1S/C29H39ClN6O/c1-6-22-15-24(30)8-7-23(22)11-13-36-18-32-27-16-25(9-10-26(27)28(36)37)34-29(33-21(5)19(2)3)35-14-12-31-20(4)17-35/h7-10,15-16,18-21,31H,6,11-14,17H2,1-5H3,(H,33,34)/t20-,21?/m1/s1. The molecule has 1 aliphatic heterocycles. The third kappa shape index (κ3) is 6.70. The number of hydrogen-bond donors (Lipinski definition) is 2. The molecule has 1 aromatic heterocycles. The predicted octanol–water partition coefficient (Wildman–Crippen LogP) is 4.96. The van der Waals surface area contributed by atoms with Crippen LogP contribution in [0, 0.1) is 5.92 Å². The van der Waals surface area contributed by atoms with E-state index in [4.69, 9.17) is 16.6 Å². The second kappa shape index (κ2) is 12.1. The molecule has 2 atom stereocenters. The van der Waals surface area contributed by atoms with Crippen molar-refractivity contribution in [2.45, 2.75) is 66.1 Å². The van der Waals surface area contributed by atoms with Crippen LogP contribution in [0.25, 0.3) is 10.9 Å². The van der Waals surface area contributed by atoms with E-state index in [1.54, 1.807) is 10.9 Å². The maximum Gasteiger partial charge on any atom is 0.261 e. The van der Waals surface area contributed by atoms with Crippen molar-refractivity contribution in [1.82, 2.24) is 19.8 Å². The number of rotatable bonds is 7. The maximum atomic E-state index is 13.2. The average molecular weight is 523 g/mol. The van der Waals surface area contributed by atoms with Gasteiger partial charge >= 0.3 is 0 Å². The molecule has 198 valence electrons. The Hall–Kier alpha value is -2.90. The van der Waals surface area contributed by atoms with Crippen molar-refractivity contribution in [1.29, 1.82) is 0 Å².